The number of aromatic amines is 1. The molecule has 11 heteroatoms. The number of ether oxygens (including phenoxy) is 1. The van der Waals surface area contributed by atoms with Crippen LogP contribution in [0.1, 0.15) is 106 Å². The lowest BCUT2D eigenvalue weighted by Gasteiger charge is -2.42. The maximum Gasteiger partial charge on any atom is 0.160 e. The van der Waals surface area contributed by atoms with Gasteiger partial charge in [0.2, 0.25) is 0 Å². The molecular formula is C45H62N4O7. The number of phenolic OH excluding ortho intramolecular Hbond substituents is 1. The minimum atomic E-state index is -0.933. The number of carbonyl (C=O) groups is 2. The lowest BCUT2D eigenvalue weighted by molar-refractivity contribution is -0.124. The number of aromatic nitrogens is 1. The number of Topliss-reactive ketones (excluding diaryl/α,β-unsaturated/α-hetero) is 2. The van der Waals surface area contributed by atoms with Crippen LogP contribution in [0.15, 0.2) is 53.6 Å². The number of aliphatic hydroxyl groups excluding tert-OH is 3. The number of rotatable bonds is 17. The number of methoxy groups -OCH3 is 1. The van der Waals surface area contributed by atoms with Gasteiger partial charge in [-0.1, -0.05) is 18.3 Å². The van der Waals surface area contributed by atoms with E-state index in [0.29, 0.717) is 106 Å². The van der Waals surface area contributed by atoms with Crippen LogP contribution in [0.4, 0.5) is 0 Å². The highest BCUT2D eigenvalue weighted by Gasteiger charge is 2.37. The van der Waals surface area contributed by atoms with Gasteiger partial charge in [-0.05, 0) is 147 Å². The number of H-pyrrole nitrogens is 1. The molecule has 304 valence electrons. The number of hydrogen-bond acceptors (Lipinski definition) is 10. The van der Waals surface area contributed by atoms with Crippen LogP contribution in [0.3, 0.4) is 0 Å². The fourth-order valence-corrected chi connectivity index (χ4v) is 9.51. The first kappa shape index (κ1) is 41.6. The summed E-state index contributed by atoms with van der Waals surface area (Å²) in [5.74, 6) is 7.67. The summed E-state index contributed by atoms with van der Waals surface area (Å²) in [6.07, 6.45) is 13.8. The largest absolute Gasteiger partial charge is 0.504 e. The standard InChI is InChI=1S/C45H62N4O7/c1-56-44-21-32-9-14-42(54)38(41(53)4-2-3-29(16-18-50)35-20-33-7-12-37(52)23-40(33)48-26-35)13-8-30(39(32)24-43(44)55)5-10-36(51)11-6-31-22-45(46)49-27-34(31)19-28-15-17-47-25-28/h15,17,21-22,24-25,29-30,33,35-36,38,40-41,47-51,53,55H,2-7,9-12,14,16,18-20,23,26-27,46H2,1H3/t29-,30-,33-,35+,36+,38-,40-,41-/m1/s1. The van der Waals surface area contributed by atoms with E-state index in [0.717, 1.165) is 48.9 Å². The number of ketones is 2. The van der Waals surface area contributed by atoms with Crippen molar-refractivity contribution in [1.82, 2.24) is 15.6 Å². The minimum Gasteiger partial charge on any atom is -0.504 e. The number of nitrogens with two attached hydrogens (primary N) is 1. The molecule has 3 heterocycles. The molecule has 2 aliphatic carbocycles. The number of benzene rings is 1. The van der Waals surface area contributed by atoms with Gasteiger partial charge in [0.05, 0.1) is 25.1 Å². The Morgan fingerprint density at radius 3 is 2.70 bits per heavy atom. The van der Waals surface area contributed by atoms with E-state index >= 15 is 0 Å². The van der Waals surface area contributed by atoms with E-state index in [1.54, 1.807) is 12.1 Å². The third-order valence-electron chi connectivity index (χ3n) is 12.8. The van der Waals surface area contributed by atoms with E-state index in [9.17, 15) is 30.0 Å². The quantitative estimate of drug-likeness (QED) is 0.105. The molecule has 6 rings (SSSR count). The van der Waals surface area contributed by atoms with Crippen molar-refractivity contribution >= 4 is 11.6 Å². The molecule has 0 bridgehead atoms. The van der Waals surface area contributed by atoms with Crippen molar-refractivity contribution in [1.29, 1.82) is 0 Å². The van der Waals surface area contributed by atoms with Crippen molar-refractivity contribution in [3.05, 3.63) is 70.3 Å². The summed E-state index contributed by atoms with van der Waals surface area (Å²) in [6.45, 7) is 1.61. The smallest absolute Gasteiger partial charge is 0.160 e. The molecule has 2 aromatic rings. The predicted molar refractivity (Wildman–Crippen MR) is 216 cm³/mol. The molecule has 0 amide bonds. The number of nitrogens with one attached hydrogen (secondary N) is 3. The molecule has 4 aliphatic rings. The van der Waals surface area contributed by atoms with Gasteiger partial charge in [0, 0.05) is 56.8 Å². The molecule has 2 aliphatic heterocycles. The Kier molecular flexibility index (Phi) is 14.7. The highest BCUT2D eigenvalue weighted by Crippen LogP contribution is 2.39. The number of hydrogen-bond donors (Lipinski definition) is 8. The van der Waals surface area contributed by atoms with E-state index in [1.165, 1.54) is 18.2 Å². The summed E-state index contributed by atoms with van der Waals surface area (Å²) in [6, 6.07) is 5.78. The first-order valence-electron chi connectivity index (χ1n) is 20.8. The molecule has 9 N–H and O–H groups in total. The number of allylic oxidation sites excluding steroid dienone is 2. The van der Waals surface area contributed by atoms with Crippen LogP contribution in [0.5, 0.6) is 11.5 Å². The number of phenols is 1. The minimum absolute atomic E-state index is 0.00368. The second-order valence-corrected chi connectivity index (χ2v) is 16.6. The van der Waals surface area contributed by atoms with E-state index < -0.39 is 18.1 Å². The fourth-order valence-electron chi connectivity index (χ4n) is 9.51. The van der Waals surface area contributed by atoms with Crippen molar-refractivity contribution in [2.45, 2.75) is 120 Å². The summed E-state index contributed by atoms with van der Waals surface area (Å²) in [5, 5.41) is 50.3. The lowest BCUT2D eigenvalue weighted by Crippen LogP contribution is -2.50. The molecule has 8 atom stereocenters. The Morgan fingerprint density at radius 1 is 1.05 bits per heavy atom. The van der Waals surface area contributed by atoms with Gasteiger partial charge in [-0.25, -0.2) is 0 Å². The average molecular weight is 771 g/mol. The molecule has 0 radical (unpaired) electrons. The zero-order chi connectivity index (χ0) is 39.6. The second-order valence-electron chi connectivity index (χ2n) is 16.6. The van der Waals surface area contributed by atoms with Gasteiger partial charge < -0.3 is 46.5 Å². The van der Waals surface area contributed by atoms with Gasteiger partial charge in [-0.2, -0.15) is 0 Å². The van der Waals surface area contributed by atoms with Gasteiger partial charge >= 0.3 is 0 Å². The number of carbonyl (C=O) groups excluding carboxylic acids is 2. The number of fused-ring (bicyclic) bond motifs is 2. The van der Waals surface area contributed by atoms with Crippen LogP contribution in [0, 0.1) is 35.5 Å². The van der Waals surface area contributed by atoms with Crippen molar-refractivity contribution < 1.29 is 34.8 Å². The monoisotopic (exact) mass is 770 g/mol. The predicted octanol–water partition coefficient (Wildman–Crippen LogP) is 4.69. The van der Waals surface area contributed by atoms with Crippen LogP contribution in [0.2, 0.25) is 0 Å². The third kappa shape index (κ3) is 10.9. The number of piperidine rings is 1. The number of aliphatic hydroxyl groups is 3. The van der Waals surface area contributed by atoms with E-state index in [1.807, 2.05) is 18.5 Å². The Hall–Kier alpha value is -4.08. The first-order chi connectivity index (χ1) is 27.1. The van der Waals surface area contributed by atoms with Gasteiger partial charge in [-0.15, -0.1) is 0 Å². The van der Waals surface area contributed by atoms with Crippen molar-refractivity contribution in [3.63, 3.8) is 0 Å². The van der Waals surface area contributed by atoms with Crippen molar-refractivity contribution in [2.24, 2.45) is 29.4 Å². The van der Waals surface area contributed by atoms with Crippen molar-refractivity contribution in [3.8, 4) is 23.3 Å². The summed E-state index contributed by atoms with van der Waals surface area (Å²) in [4.78, 5) is 28.8. The molecule has 1 saturated heterocycles. The maximum atomic E-state index is 13.7. The van der Waals surface area contributed by atoms with Gasteiger partial charge in [0.1, 0.15) is 11.7 Å². The average Bonchev–Trinajstić information content (AvgIpc) is 3.72. The number of aryl methyl sites for hydroxylation is 1. The van der Waals surface area contributed by atoms with Crippen LogP contribution in [-0.2, 0) is 22.4 Å². The molecular weight excluding hydrogens is 709 g/mol. The topological polar surface area (TPSA) is 190 Å². The van der Waals surface area contributed by atoms with E-state index in [2.05, 4.69) is 33.5 Å². The highest BCUT2D eigenvalue weighted by atomic mass is 16.5. The Bertz CT molecular complexity index is 1780. The summed E-state index contributed by atoms with van der Waals surface area (Å²) < 4.78 is 5.42. The van der Waals surface area contributed by atoms with E-state index in [-0.39, 0.29) is 36.5 Å². The van der Waals surface area contributed by atoms with Crippen molar-refractivity contribution in [2.75, 3.05) is 26.8 Å². The Morgan fingerprint density at radius 2 is 1.91 bits per heavy atom. The molecule has 0 unspecified atom stereocenters. The SMILES string of the molecule is COc1cc2c(cc1O)[C@H](CC[C@H](O)CCC1=C(Cc3cc[nH]c3)CNC(N)=C1)C#C[C@H]([C@H](O)CCC[C@H](CCO)[C@@H]1CN[C@@H]3CC(=O)CC[C@@H]3C1)C(=O)CC2. The number of aromatic hydroxyl groups is 1. The Balaban J connectivity index is 1.11. The zero-order valence-corrected chi connectivity index (χ0v) is 32.9. The molecule has 1 aromatic carbocycles. The van der Waals surface area contributed by atoms with Crippen LogP contribution < -0.4 is 21.1 Å². The van der Waals surface area contributed by atoms with Crippen LogP contribution >= 0.6 is 0 Å². The summed E-state index contributed by atoms with van der Waals surface area (Å²) in [7, 11) is 1.50. The normalized spacial score (nSPS) is 25.6. The Labute approximate surface area is 331 Å². The second kappa shape index (κ2) is 19.9. The summed E-state index contributed by atoms with van der Waals surface area (Å²) in [5.41, 5.74) is 11.4. The molecule has 11 nitrogen and oxygen atoms in total. The van der Waals surface area contributed by atoms with E-state index in [4.69, 9.17) is 10.5 Å². The fraction of sp³-hybridized carbons (Fsp3) is 0.600. The van der Waals surface area contributed by atoms with Crippen LogP contribution in [0.25, 0.3) is 0 Å². The summed E-state index contributed by atoms with van der Waals surface area (Å²) >= 11 is 0. The zero-order valence-electron chi connectivity index (χ0n) is 32.9. The third-order valence-corrected chi connectivity index (χ3v) is 12.8. The van der Waals surface area contributed by atoms with Crippen LogP contribution in [-0.4, -0.2) is 82.0 Å². The van der Waals surface area contributed by atoms with Gasteiger partial charge in [0.15, 0.2) is 17.3 Å². The maximum absolute atomic E-state index is 13.7. The van der Waals surface area contributed by atoms with Gasteiger partial charge in [0.25, 0.3) is 0 Å². The van der Waals surface area contributed by atoms with Gasteiger partial charge in [-0.3, -0.25) is 9.59 Å². The molecule has 1 saturated carbocycles. The lowest BCUT2D eigenvalue weighted by atomic mass is 9.71. The molecule has 0 spiro atoms. The molecule has 1 aromatic heterocycles. The molecule has 2 fully saturated rings. The number of dihydropyridines is 1. The molecule has 56 heavy (non-hydrogen) atoms. The highest BCUT2D eigenvalue weighted by molar-refractivity contribution is 5.85. The first-order valence-corrected chi connectivity index (χ1v) is 20.8.